The van der Waals surface area contributed by atoms with Crippen molar-refractivity contribution in [3.05, 3.63) is 82.4 Å². The summed E-state index contributed by atoms with van der Waals surface area (Å²) in [6.45, 7) is 0.639. The molecule has 0 saturated carbocycles. The molecular formula is C21H21FN2O3. The maximum absolute atomic E-state index is 14.0. The number of benzene rings is 2. The molecule has 6 heteroatoms. The van der Waals surface area contributed by atoms with Crippen LogP contribution in [0, 0.1) is 5.82 Å². The molecule has 27 heavy (non-hydrogen) atoms. The monoisotopic (exact) mass is 368 g/mol. The van der Waals surface area contributed by atoms with Gasteiger partial charge in [-0.3, -0.25) is 14.2 Å². The fraction of sp³-hybridized carbons (Fsp3) is 0.238. The minimum absolute atomic E-state index is 0.113. The second-order valence-electron chi connectivity index (χ2n) is 6.22. The average molecular weight is 368 g/mol. The van der Waals surface area contributed by atoms with Crippen molar-refractivity contribution >= 4 is 16.8 Å². The predicted molar refractivity (Wildman–Crippen MR) is 102 cm³/mol. The molecule has 0 spiro atoms. The zero-order valence-electron chi connectivity index (χ0n) is 15.1. The largest absolute Gasteiger partial charge is 0.383 e. The average Bonchev–Trinajstić information content (AvgIpc) is 2.68. The summed E-state index contributed by atoms with van der Waals surface area (Å²) >= 11 is 0. The Bertz CT molecular complexity index is 1000. The minimum atomic E-state index is -0.366. The highest BCUT2D eigenvalue weighted by molar-refractivity contribution is 5.82. The summed E-state index contributed by atoms with van der Waals surface area (Å²) in [5, 5.41) is 0.877. The molecule has 1 aromatic heterocycles. The molecule has 0 aliphatic rings. The highest BCUT2D eigenvalue weighted by Crippen LogP contribution is 2.13. The molecule has 3 rings (SSSR count). The number of hydrogen-bond acceptors (Lipinski definition) is 3. The number of methoxy groups -OCH3 is 1. The van der Waals surface area contributed by atoms with Crippen LogP contribution >= 0.6 is 0 Å². The molecule has 0 N–H and O–H groups in total. The zero-order chi connectivity index (χ0) is 19.2. The lowest BCUT2D eigenvalue weighted by atomic mass is 10.2. The number of aromatic nitrogens is 1. The summed E-state index contributed by atoms with van der Waals surface area (Å²) in [6, 6.07) is 16.9. The molecule has 5 nitrogen and oxygen atoms in total. The van der Waals surface area contributed by atoms with Crippen LogP contribution < -0.4 is 5.56 Å². The number of carbonyl (C=O) groups is 1. The van der Waals surface area contributed by atoms with Crippen molar-refractivity contribution < 1.29 is 13.9 Å². The molecule has 0 atom stereocenters. The van der Waals surface area contributed by atoms with Gasteiger partial charge in [0.2, 0.25) is 5.91 Å². The molecule has 1 heterocycles. The number of para-hydroxylation sites is 1. The summed E-state index contributed by atoms with van der Waals surface area (Å²) in [7, 11) is 1.54. The minimum Gasteiger partial charge on any atom is -0.383 e. The third kappa shape index (κ3) is 4.41. The van der Waals surface area contributed by atoms with Crippen LogP contribution in [0.2, 0.25) is 0 Å². The van der Waals surface area contributed by atoms with Gasteiger partial charge in [-0.2, -0.15) is 0 Å². The van der Waals surface area contributed by atoms with E-state index in [1.807, 2.05) is 18.2 Å². The maximum atomic E-state index is 14.0. The van der Waals surface area contributed by atoms with Crippen LogP contribution in [-0.2, 0) is 22.6 Å². The zero-order valence-corrected chi connectivity index (χ0v) is 15.1. The first-order chi connectivity index (χ1) is 13.1. The molecule has 0 fully saturated rings. The maximum Gasteiger partial charge on any atom is 0.251 e. The molecule has 140 valence electrons. The fourth-order valence-corrected chi connectivity index (χ4v) is 2.97. The van der Waals surface area contributed by atoms with Crippen molar-refractivity contribution in [2.45, 2.75) is 13.1 Å². The SMILES string of the molecule is COCCN(Cc1ccccc1F)C(=O)Cn1c(=O)ccc2ccccc21. The number of halogens is 1. The predicted octanol–water partition coefficient (Wildman–Crippen LogP) is 2.82. The standard InChI is InChI=1S/C21H21FN2O3/c1-27-13-12-23(14-17-7-2-4-8-18(17)22)21(26)15-24-19-9-5-3-6-16(19)10-11-20(24)25/h2-11H,12-15H2,1H3. The Balaban J connectivity index is 1.88. The number of carbonyl (C=O) groups excluding carboxylic acids is 1. The van der Waals surface area contributed by atoms with Crippen molar-refractivity contribution in [1.82, 2.24) is 9.47 Å². The highest BCUT2D eigenvalue weighted by atomic mass is 19.1. The van der Waals surface area contributed by atoms with Crippen LogP contribution in [0.25, 0.3) is 10.9 Å². The Labute approximate surface area is 156 Å². The van der Waals surface area contributed by atoms with E-state index in [1.54, 1.807) is 37.4 Å². The first-order valence-corrected chi connectivity index (χ1v) is 8.69. The summed E-state index contributed by atoms with van der Waals surface area (Å²) in [5.74, 6) is -0.635. The fourth-order valence-electron chi connectivity index (χ4n) is 2.97. The number of nitrogens with zero attached hydrogens (tertiary/aromatic N) is 2. The second-order valence-corrected chi connectivity index (χ2v) is 6.22. The molecule has 0 aliphatic carbocycles. The Morgan fingerprint density at radius 1 is 1.07 bits per heavy atom. The van der Waals surface area contributed by atoms with Crippen LogP contribution in [0.5, 0.6) is 0 Å². The number of amides is 1. The second kappa shape index (κ2) is 8.60. The number of fused-ring (bicyclic) bond motifs is 1. The van der Waals surface area contributed by atoms with Gasteiger partial charge in [0, 0.05) is 31.8 Å². The van der Waals surface area contributed by atoms with Crippen LogP contribution in [0.15, 0.2) is 65.5 Å². The summed E-state index contributed by atoms with van der Waals surface area (Å²) in [6.07, 6.45) is 0. The molecule has 0 saturated heterocycles. The molecule has 0 radical (unpaired) electrons. The Morgan fingerprint density at radius 3 is 2.59 bits per heavy atom. The lowest BCUT2D eigenvalue weighted by Gasteiger charge is -2.23. The molecule has 3 aromatic rings. The van der Waals surface area contributed by atoms with Crippen molar-refractivity contribution in [3.63, 3.8) is 0 Å². The van der Waals surface area contributed by atoms with Gasteiger partial charge in [-0.05, 0) is 23.6 Å². The van der Waals surface area contributed by atoms with Gasteiger partial charge in [0.05, 0.1) is 12.1 Å². The molecular weight excluding hydrogens is 347 g/mol. The van der Waals surface area contributed by atoms with E-state index in [-0.39, 0.29) is 30.4 Å². The smallest absolute Gasteiger partial charge is 0.251 e. The van der Waals surface area contributed by atoms with Crippen molar-refractivity contribution in [2.24, 2.45) is 0 Å². The number of pyridine rings is 1. The van der Waals surface area contributed by atoms with E-state index in [0.29, 0.717) is 24.2 Å². The number of rotatable bonds is 7. The van der Waals surface area contributed by atoms with E-state index in [9.17, 15) is 14.0 Å². The molecule has 0 bridgehead atoms. The van der Waals surface area contributed by atoms with Crippen LogP contribution in [0.1, 0.15) is 5.56 Å². The number of hydrogen-bond donors (Lipinski definition) is 0. The summed E-state index contributed by atoms with van der Waals surface area (Å²) in [4.78, 5) is 26.8. The number of ether oxygens (including phenoxy) is 1. The van der Waals surface area contributed by atoms with E-state index in [2.05, 4.69) is 0 Å². The van der Waals surface area contributed by atoms with E-state index in [0.717, 1.165) is 5.39 Å². The quantitative estimate of drug-likeness (QED) is 0.644. The van der Waals surface area contributed by atoms with Crippen LogP contribution in [0.4, 0.5) is 4.39 Å². The lowest BCUT2D eigenvalue weighted by Crippen LogP contribution is -2.38. The van der Waals surface area contributed by atoms with Crippen LogP contribution in [-0.4, -0.2) is 35.6 Å². The summed E-state index contributed by atoms with van der Waals surface area (Å²) < 4.78 is 20.5. The molecule has 1 amide bonds. The van der Waals surface area contributed by atoms with Gasteiger partial charge in [0.15, 0.2) is 0 Å². The first kappa shape index (κ1) is 18.8. The lowest BCUT2D eigenvalue weighted by molar-refractivity contribution is -0.133. The Morgan fingerprint density at radius 2 is 1.81 bits per heavy atom. The van der Waals surface area contributed by atoms with E-state index < -0.39 is 0 Å². The van der Waals surface area contributed by atoms with Gasteiger partial charge in [0.1, 0.15) is 12.4 Å². The molecule has 0 aliphatic heterocycles. The first-order valence-electron chi connectivity index (χ1n) is 8.69. The van der Waals surface area contributed by atoms with Gasteiger partial charge >= 0.3 is 0 Å². The van der Waals surface area contributed by atoms with E-state index in [4.69, 9.17) is 4.74 Å². The molecule has 2 aromatic carbocycles. The highest BCUT2D eigenvalue weighted by Gasteiger charge is 2.17. The third-order valence-corrected chi connectivity index (χ3v) is 4.43. The van der Waals surface area contributed by atoms with Crippen molar-refractivity contribution in [3.8, 4) is 0 Å². The van der Waals surface area contributed by atoms with Gasteiger partial charge in [-0.1, -0.05) is 36.4 Å². The van der Waals surface area contributed by atoms with E-state index in [1.165, 1.54) is 21.6 Å². The van der Waals surface area contributed by atoms with Crippen LogP contribution in [0.3, 0.4) is 0 Å². The third-order valence-electron chi connectivity index (χ3n) is 4.43. The van der Waals surface area contributed by atoms with Crippen molar-refractivity contribution in [1.29, 1.82) is 0 Å². The molecule has 0 unspecified atom stereocenters. The van der Waals surface area contributed by atoms with Crippen molar-refractivity contribution in [2.75, 3.05) is 20.3 Å². The Hall–Kier alpha value is -2.99. The summed E-state index contributed by atoms with van der Waals surface area (Å²) in [5.41, 5.74) is 0.864. The van der Waals surface area contributed by atoms with Gasteiger partial charge in [-0.25, -0.2) is 4.39 Å². The normalized spacial score (nSPS) is 10.9. The van der Waals surface area contributed by atoms with Gasteiger partial charge in [-0.15, -0.1) is 0 Å². The van der Waals surface area contributed by atoms with Gasteiger partial charge in [0.25, 0.3) is 5.56 Å². The van der Waals surface area contributed by atoms with E-state index >= 15 is 0 Å². The topological polar surface area (TPSA) is 51.5 Å². The van der Waals surface area contributed by atoms with Gasteiger partial charge < -0.3 is 9.64 Å². The Kier molecular flexibility index (Phi) is 5.98.